The molecule has 0 saturated heterocycles. The van der Waals surface area contributed by atoms with E-state index >= 15 is 0 Å². The van der Waals surface area contributed by atoms with Gasteiger partial charge in [0, 0.05) is 29.2 Å². The van der Waals surface area contributed by atoms with Gasteiger partial charge in [0.1, 0.15) is 0 Å². The molecule has 0 unspecified atom stereocenters. The number of aryl methyl sites for hydroxylation is 1. The lowest BCUT2D eigenvalue weighted by atomic mass is 10.1. The molecule has 0 aliphatic heterocycles. The van der Waals surface area contributed by atoms with E-state index in [1.807, 2.05) is 37.3 Å². The maximum Gasteiger partial charge on any atom is 0.404 e. The lowest BCUT2D eigenvalue weighted by Crippen LogP contribution is -2.20. The highest BCUT2D eigenvalue weighted by atomic mass is 16.4. The lowest BCUT2D eigenvalue weighted by Gasteiger charge is -2.10. The van der Waals surface area contributed by atoms with Gasteiger partial charge in [-0.05, 0) is 30.2 Å². The number of carbonyl (C=O) groups is 1. The molecular formula is C18H16N6O2. The first-order valence-corrected chi connectivity index (χ1v) is 8.02. The van der Waals surface area contributed by atoms with E-state index in [0.29, 0.717) is 5.95 Å². The second-order valence-electron chi connectivity index (χ2n) is 5.96. The van der Waals surface area contributed by atoms with E-state index < -0.39 is 6.09 Å². The minimum absolute atomic E-state index is 0.179. The highest BCUT2D eigenvalue weighted by Gasteiger charge is 2.09. The van der Waals surface area contributed by atoms with Crippen molar-refractivity contribution in [2.75, 3.05) is 5.32 Å². The van der Waals surface area contributed by atoms with Crippen molar-refractivity contribution < 1.29 is 9.90 Å². The summed E-state index contributed by atoms with van der Waals surface area (Å²) >= 11 is 0. The van der Waals surface area contributed by atoms with Crippen LogP contribution in [0.2, 0.25) is 0 Å². The summed E-state index contributed by atoms with van der Waals surface area (Å²) in [5.41, 5.74) is 4.31. The molecule has 0 fully saturated rings. The molecule has 8 heteroatoms. The molecule has 0 saturated carbocycles. The molecule has 0 atom stereocenters. The topological polar surface area (TPSA) is 116 Å². The molecule has 0 aliphatic rings. The number of H-pyrrole nitrogens is 1. The predicted octanol–water partition coefficient (Wildman–Crippen LogP) is 3.33. The van der Waals surface area contributed by atoms with E-state index in [0.717, 1.165) is 38.6 Å². The second kappa shape index (κ2) is 6.32. The van der Waals surface area contributed by atoms with Crippen LogP contribution in [0.15, 0.2) is 42.7 Å². The molecule has 1 amide bonds. The summed E-state index contributed by atoms with van der Waals surface area (Å²) < 4.78 is 0. The Kier molecular flexibility index (Phi) is 3.85. The smallest absolute Gasteiger partial charge is 0.404 e. The van der Waals surface area contributed by atoms with Crippen molar-refractivity contribution in [2.45, 2.75) is 13.5 Å². The van der Waals surface area contributed by atoms with Crippen LogP contribution < -0.4 is 10.6 Å². The number of hydrogen-bond acceptors (Lipinski definition) is 5. The van der Waals surface area contributed by atoms with Gasteiger partial charge in [0.2, 0.25) is 5.95 Å². The van der Waals surface area contributed by atoms with Crippen molar-refractivity contribution in [3.05, 3.63) is 53.9 Å². The molecule has 4 aromatic rings. The monoisotopic (exact) mass is 348 g/mol. The zero-order valence-electron chi connectivity index (χ0n) is 13.9. The number of amides is 1. The fraction of sp³-hybridized carbons (Fsp3) is 0.111. The van der Waals surface area contributed by atoms with Crippen molar-refractivity contribution >= 4 is 39.5 Å². The number of para-hydroxylation sites is 1. The van der Waals surface area contributed by atoms with Gasteiger partial charge in [-0.1, -0.05) is 18.2 Å². The van der Waals surface area contributed by atoms with E-state index in [1.54, 1.807) is 12.4 Å². The van der Waals surface area contributed by atoms with Gasteiger partial charge in [0.25, 0.3) is 0 Å². The molecule has 2 heterocycles. The summed E-state index contributed by atoms with van der Waals surface area (Å²) in [6.07, 6.45) is 2.38. The normalized spacial score (nSPS) is 11.0. The molecule has 2 aromatic carbocycles. The molecule has 130 valence electrons. The van der Waals surface area contributed by atoms with Crippen LogP contribution in [-0.2, 0) is 6.54 Å². The lowest BCUT2D eigenvalue weighted by molar-refractivity contribution is 0.194. The number of nitrogens with one attached hydrogen (secondary N) is 3. The number of nitrogens with zero attached hydrogens (tertiary/aromatic N) is 3. The Morgan fingerprint density at radius 1 is 1.27 bits per heavy atom. The number of rotatable bonds is 4. The summed E-state index contributed by atoms with van der Waals surface area (Å²) in [7, 11) is 0. The molecule has 0 bridgehead atoms. The van der Waals surface area contributed by atoms with E-state index in [4.69, 9.17) is 5.11 Å². The number of aromatic amines is 1. The third kappa shape index (κ3) is 3.00. The van der Waals surface area contributed by atoms with E-state index in [2.05, 4.69) is 30.8 Å². The van der Waals surface area contributed by atoms with Crippen molar-refractivity contribution in [2.24, 2.45) is 0 Å². The van der Waals surface area contributed by atoms with Crippen LogP contribution in [0.5, 0.6) is 0 Å². The van der Waals surface area contributed by atoms with Gasteiger partial charge in [-0.3, -0.25) is 5.10 Å². The van der Waals surface area contributed by atoms with E-state index in [1.165, 1.54) is 0 Å². The minimum Gasteiger partial charge on any atom is -0.465 e. The Labute approximate surface area is 148 Å². The molecule has 8 nitrogen and oxygen atoms in total. The maximum absolute atomic E-state index is 10.8. The van der Waals surface area contributed by atoms with Crippen molar-refractivity contribution in [3.8, 4) is 0 Å². The summed E-state index contributed by atoms with van der Waals surface area (Å²) in [6.45, 7) is 2.18. The van der Waals surface area contributed by atoms with E-state index in [9.17, 15) is 4.79 Å². The van der Waals surface area contributed by atoms with Gasteiger partial charge in [-0.25, -0.2) is 14.8 Å². The van der Waals surface area contributed by atoms with Gasteiger partial charge < -0.3 is 15.7 Å². The van der Waals surface area contributed by atoms with E-state index in [-0.39, 0.29) is 6.54 Å². The largest absolute Gasteiger partial charge is 0.465 e. The van der Waals surface area contributed by atoms with Gasteiger partial charge in [-0.15, -0.1) is 0 Å². The number of hydrogen-bond donors (Lipinski definition) is 4. The number of benzene rings is 2. The van der Waals surface area contributed by atoms with Gasteiger partial charge in [0.15, 0.2) is 0 Å². The van der Waals surface area contributed by atoms with Gasteiger partial charge >= 0.3 is 6.09 Å². The van der Waals surface area contributed by atoms with Crippen molar-refractivity contribution in [1.29, 1.82) is 0 Å². The zero-order chi connectivity index (χ0) is 18.1. The highest BCUT2D eigenvalue weighted by molar-refractivity contribution is 5.87. The Balaban J connectivity index is 1.70. The molecule has 0 spiro atoms. The van der Waals surface area contributed by atoms with Crippen LogP contribution in [0.1, 0.15) is 11.1 Å². The van der Waals surface area contributed by atoms with Crippen LogP contribution in [0, 0.1) is 6.92 Å². The minimum atomic E-state index is -1.08. The SMILES string of the molecule is Cc1cccc2cnc(Nc3cc(CNC(=O)O)c4cn[nH]c4c3)nc12. The average molecular weight is 348 g/mol. The Morgan fingerprint density at radius 2 is 2.15 bits per heavy atom. The zero-order valence-corrected chi connectivity index (χ0v) is 13.9. The predicted molar refractivity (Wildman–Crippen MR) is 98.5 cm³/mol. The molecular weight excluding hydrogens is 332 g/mol. The van der Waals surface area contributed by atoms with Gasteiger partial charge in [-0.2, -0.15) is 5.10 Å². The fourth-order valence-corrected chi connectivity index (χ4v) is 2.91. The Bertz CT molecular complexity index is 1120. The average Bonchev–Trinajstić information content (AvgIpc) is 3.09. The Morgan fingerprint density at radius 3 is 3.00 bits per heavy atom. The fourth-order valence-electron chi connectivity index (χ4n) is 2.91. The van der Waals surface area contributed by atoms with Crippen LogP contribution >= 0.6 is 0 Å². The first-order valence-electron chi connectivity index (χ1n) is 8.02. The second-order valence-corrected chi connectivity index (χ2v) is 5.96. The molecule has 26 heavy (non-hydrogen) atoms. The van der Waals surface area contributed by atoms with Crippen LogP contribution in [-0.4, -0.2) is 31.4 Å². The third-order valence-corrected chi connectivity index (χ3v) is 4.14. The molecule has 2 aromatic heterocycles. The van der Waals surface area contributed by atoms with Crippen molar-refractivity contribution in [1.82, 2.24) is 25.5 Å². The Hall–Kier alpha value is -3.68. The molecule has 4 rings (SSSR count). The number of anilines is 2. The molecule has 0 radical (unpaired) electrons. The van der Waals surface area contributed by atoms with Crippen LogP contribution in [0.3, 0.4) is 0 Å². The number of aromatic nitrogens is 4. The quantitative estimate of drug-likeness (QED) is 0.449. The summed E-state index contributed by atoms with van der Waals surface area (Å²) in [5.74, 6) is 0.475. The summed E-state index contributed by atoms with van der Waals surface area (Å²) in [4.78, 5) is 19.8. The van der Waals surface area contributed by atoms with Crippen molar-refractivity contribution in [3.63, 3.8) is 0 Å². The maximum atomic E-state index is 10.8. The van der Waals surface area contributed by atoms with Crippen LogP contribution in [0.4, 0.5) is 16.4 Å². The molecule has 0 aliphatic carbocycles. The summed E-state index contributed by atoms with van der Waals surface area (Å²) in [6, 6.07) is 9.70. The first-order chi connectivity index (χ1) is 12.6. The number of carboxylic acid groups (broad SMARTS) is 1. The third-order valence-electron chi connectivity index (χ3n) is 4.14. The number of fused-ring (bicyclic) bond motifs is 2. The van der Waals surface area contributed by atoms with Crippen LogP contribution in [0.25, 0.3) is 21.8 Å². The van der Waals surface area contributed by atoms with Gasteiger partial charge in [0.05, 0.1) is 17.2 Å². The standard InChI is InChI=1S/C18H16N6O2/c1-10-3-2-4-11-7-19-17(23-16(10)11)22-13-5-12(8-20-18(25)26)14-9-21-24-15(14)6-13/h2-7,9,20H,8H2,1H3,(H,21,24)(H,25,26)(H,19,22,23). The first kappa shape index (κ1) is 15.8. The summed E-state index contributed by atoms with van der Waals surface area (Å²) in [5, 5.41) is 23.2. The highest BCUT2D eigenvalue weighted by Crippen LogP contribution is 2.25. The molecule has 4 N–H and O–H groups in total.